The summed E-state index contributed by atoms with van der Waals surface area (Å²) in [4.78, 5) is 41.6. The highest BCUT2D eigenvalue weighted by Gasteiger charge is 2.47. The van der Waals surface area contributed by atoms with Gasteiger partial charge in [-0.15, -0.1) is 0 Å². The molecule has 2 aromatic carbocycles. The molecule has 2 fully saturated rings. The minimum Gasteiger partial charge on any atom is -0.444 e. The third-order valence-electron chi connectivity index (χ3n) is 8.77. The van der Waals surface area contributed by atoms with Crippen molar-refractivity contribution < 1.29 is 19.1 Å². The molecule has 8 heteroatoms. The fourth-order valence-corrected chi connectivity index (χ4v) is 6.60. The van der Waals surface area contributed by atoms with E-state index >= 15 is 0 Å². The van der Waals surface area contributed by atoms with Gasteiger partial charge in [0.05, 0.1) is 6.04 Å². The Balaban J connectivity index is 1.43. The van der Waals surface area contributed by atoms with Crippen LogP contribution in [-0.4, -0.2) is 54.6 Å². The maximum atomic E-state index is 13.0. The highest BCUT2D eigenvalue weighted by Crippen LogP contribution is 2.50. The predicted molar refractivity (Wildman–Crippen MR) is 161 cm³/mol. The Morgan fingerprint density at radius 1 is 0.951 bits per heavy atom. The summed E-state index contributed by atoms with van der Waals surface area (Å²) >= 11 is 0. The summed E-state index contributed by atoms with van der Waals surface area (Å²) in [5.41, 5.74) is 4.43. The molecule has 1 saturated carbocycles. The first-order valence-corrected chi connectivity index (χ1v) is 15.0. The molecule has 2 heterocycles. The van der Waals surface area contributed by atoms with Crippen LogP contribution < -0.4 is 15.5 Å². The van der Waals surface area contributed by atoms with Gasteiger partial charge in [0.25, 0.3) is 5.91 Å². The molecule has 2 aliphatic heterocycles. The second-order valence-corrected chi connectivity index (χ2v) is 12.9. The van der Waals surface area contributed by atoms with Crippen molar-refractivity contribution in [1.82, 2.24) is 10.2 Å². The van der Waals surface area contributed by atoms with E-state index in [1.807, 2.05) is 54.8 Å². The number of carbonyl (C=O) groups excluding carboxylic acids is 3. The zero-order chi connectivity index (χ0) is 29.5. The molecular formula is C33H44N4O4. The number of rotatable bonds is 5. The molecule has 3 aliphatic rings. The zero-order valence-corrected chi connectivity index (χ0v) is 25.2. The third-order valence-corrected chi connectivity index (χ3v) is 8.77. The monoisotopic (exact) mass is 560 g/mol. The Morgan fingerprint density at radius 3 is 2.17 bits per heavy atom. The summed E-state index contributed by atoms with van der Waals surface area (Å²) in [5, 5.41) is 6.45. The standard InChI is InChI=1S/C33H44N4O4/c1-20-29(35-26-12-9-24(10-13-26)31(39)34-6)27-19-25(11-14-28(27)37(21(2)38)30(20)23-7-8-23)22-15-17-36(18-16-22)32(40)41-33(3,4)5/h9-14,19-20,22-23,29-30,35H,7-8,15-18H2,1-6H3,(H,34,39)/t20?,29-,30?/m1/s1. The third kappa shape index (κ3) is 6.21. The lowest BCUT2D eigenvalue weighted by atomic mass is 9.78. The first-order valence-electron chi connectivity index (χ1n) is 15.0. The number of carbonyl (C=O) groups is 3. The maximum absolute atomic E-state index is 13.0. The van der Waals surface area contributed by atoms with Crippen molar-refractivity contribution in [2.24, 2.45) is 11.8 Å². The van der Waals surface area contributed by atoms with Crippen LogP contribution in [0.15, 0.2) is 42.5 Å². The molecule has 0 bridgehead atoms. The second-order valence-electron chi connectivity index (χ2n) is 12.9. The second kappa shape index (κ2) is 11.4. The Hall–Kier alpha value is -3.55. The van der Waals surface area contributed by atoms with Crippen molar-refractivity contribution >= 4 is 29.3 Å². The van der Waals surface area contributed by atoms with Crippen LogP contribution >= 0.6 is 0 Å². The van der Waals surface area contributed by atoms with Gasteiger partial charge in [0, 0.05) is 56.0 Å². The van der Waals surface area contributed by atoms with Crippen molar-refractivity contribution in [3.63, 3.8) is 0 Å². The lowest BCUT2D eigenvalue weighted by Crippen LogP contribution is -2.51. The highest BCUT2D eigenvalue weighted by atomic mass is 16.6. The molecule has 2 N–H and O–H groups in total. The van der Waals surface area contributed by atoms with Crippen LogP contribution in [0.4, 0.5) is 16.2 Å². The van der Waals surface area contributed by atoms with Gasteiger partial charge in [-0.25, -0.2) is 4.79 Å². The number of piperidine rings is 1. The lowest BCUT2D eigenvalue weighted by molar-refractivity contribution is -0.117. The number of likely N-dealkylation sites (tertiary alicyclic amines) is 1. The van der Waals surface area contributed by atoms with Gasteiger partial charge in [0.1, 0.15) is 5.60 Å². The molecule has 3 amide bonds. The summed E-state index contributed by atoms with van der Waals surface area (Å²) in [5.74, 6) is 1.01. The molecule has 41 heavy (non-hydrogen) atoms. The van der Waals surface area contributed by atoms with Crippen LogP contribution in [0.25, 0.3) is 0 Å². The normalized spacial score (nSPS) is 23.0. The smallest absolute Gasteiger partial charge is 0.410 e. The summed E-state index contributed by atoms with van der Waals surface area (Å²) < 4.78 is 5.59. The first-order chi connectivity index (χ1) is 19.5. The quantitative estimate of drug-likeness (QED) is 0.462. The van der Waals surface area contributed by atoms with Crippen molar-refractivity contribution in [3.8, 4) is 0 Å². The molecular weight excluding hydrogens is 516 g/mol. The molecule has 0 aromatic heterocycles. The van der Waals surface area contributed by atoms with Crippen molar-refractivity contribution in [2.75, 3.05) is 30.4 Å². The van der Waals surface area contributed by atoms with E-state index in [2.05, 4.69) is 35.8 Å². The topological polar surface area (TPSA) is 91.0 Å². The average Bonchev–Trinajstić information content (AvgIpc) is 3.78. The van der Waals surface area contributed by atoms with Gasteiger partial charge < -0.3 is 25.2 Å². The van der Waals surface area contributed by atoms with Gasteiger partial charge in [0.2, 0.25) is 5.91 Å². The van der Waals surface area contributed by atoms with Gasteiger partial charge in [-0.1, -0.05) is 19.1 Å². The SMILES string of the molecule is CNC(=O)c1ccc(N[C@H]2c3cc(C4CCN(C(=O)OC(C)(C)C)CC4)ccc3N(C(C)=O)C(C3CC3)C2C)cc1. The molecule has 0 radical (unpaired) electrons. The van der Waals surface area contributed by atoms with E-state index in [0.717, 1.165) is 42.6 Å². The minimum absolute atomic E-state index is 0.0128. The molecule has 220 valence electrons. The number of amides is 3. The van der Waals surface area contributed by atoms with E-state index in [1.165, 1.54) is 5.56 Å². The number of nitrogens with one attached hydrogen (secondary N) is 2. The largest absolute Gasteiger partial charge is 0.444 e. The molecule has 5 rings (SSSR count). The van der Waals surface area contributed by atoms with Crippen molar-refractivity contribution in [3.05, 3.63) is 59.2 Å². The number of benzene rings is 2. The van der Waals surface area contributed by atoms with Crippen LogP contribution in [-0.2, 0) is 9.53 Å². The van der Waals surface area contributed by atoms with Crippen LogP contribution in [0.2, 0.25) is 0 Å². The molecule has 2 unspecified atom stereocenters. The summed E-state index contributed by atoms with van der Waals surface area (Å²) in [6.45, 7) is 10.9. The van der Waals surface area contributed by atoms with E-state index in [9.17, 15) is 14.4 Å². The number of hydrogen-bond acceptors (Lipinski definition) is 5. The first kappa shape index (κ1) is 29.0. The van der Waals surface area contributed by atoms with Gasteiger partial charge >= 0.3 is 6.09 Å². The Morgan fingerprint density at radius 2 is 1.61 bits per heavy atom. The van der Waals surface area contributed by atoms with Crippen LogP contribution in [0, 0.1) is 11.8 Å². The fraction of sp³-hybridized carbons (Fsp3) is 0.545. The zero-order valence-electron chi connectivity index (χ0n) is 25.2. The van der Waals surface area contributed by atoms with E-state index in [1.54, 1.807) is 14.0 Å². The number of nitrogens with zero attached hydrogens (tertiary/aromatic N) is 2. The number of hydrogen-bond donors (Lipinski definition) is 2. The van der Waals surface area contributed by atoms with E-state index < -0.39 is 5.60 Å². The van der Waals surface area contributed by atoms with Crippen LogP contribution in [0.1, 0.15) is 93.7 Å². The molecule has 3 atom stereocenters. The lowest BCUT2D eigenvalue weighted by Gasteiger charge is -2.46. The van der Waals surface area contributed by atoms with Crippen LogP contribution in [0.3, 0.4) is 0 Å². The van der Waals surface area contributed by atoms with E-state index in [-0.39, 0.29) is 35.9 Å². The Labute approximate surface area is 243 Å². The molecule has 0 spiro atoms. The predicted octanol–water partition coefficient (Wildman–Crippen LogP) is 6.10. The molecule has 1 saturated heterocycles. The summed E-state index contributed by atoms with van der Waals surface area (Å²) in [7, 11) is 1.63. The van der Waals surface area contributed by atoms with Gasteiger partial charge in [-0.3, -0.25) is 9.59 Å². The van der Waals surface area contributed by atoms with E-state index in [4.69, 9.17) is 4.74 Å². The maximum Gasteiger partial charge on any atom is 0.410 e. The number of fused-ring (bicyclic) bond motifs is 1. The minimum atomic E-state index is -0.505. The van der Waals surface area contributed by atoms with Gasteiger partial charge in [-0.2, -0.15) is 0 Å². The van der Waals surface area contributed by atoms with Gasteiger partial charge in [0.15, 0.2) is 0 Å². The molecule has 2 aromatic rings. The molecule has 8 nitrogen and oxygen atoms in total. The summed E-state index contributed by atoms with van der Waals surface area (Å²) in [6.07, 6.45) is 3.79. The van der Waals surface area contributed by atoms with Crippen LogP contribution in [0.5, 0.6) is 0 Å². The number of anilines is 2. The number of ether oxygens (including phenoxy) is 1. The Kier molecular flexibility index (Phi) is 8.04. The highest BCUT2D eigenvalue weighted by molar-refractivity contribution is 5.95. The average molecular weight is 561 g/mol. The van der Waals surface area contributed by atoms with Crippen molar-refractivity contribution in [2.45, 2.75) is 83.9 Å². The Bertz CT molecular complexity index is 1290. The van der Waals surface area contributed by atoms with Crippen molar-refractivity contribution in [1.29, 1.82) is 0 Å². The summed E-state index contributed by atoms with van der Waals surface area (Å²) in [6, 6.07) is 14.3. The van der Waals surface area contributed by atoms with E-state index in [0.29, 0.717) is 30.5 Å². The van der Waals surface area contributed by atoms with Gasteiger partial charge in [-0.05, 0) is 99.7 Å². The fourth-order valence-electron chi connectivity index (χ4n) is 6.60. The molecule has 1 aliphatic carbocycles.